The predicted molar refractivity (Wildman–Crippen MR) is 54.6 cm³/mol. The summed E-state index contributed by atoms with van der Waals surface area (Å²) < 4.78 is 0. The van der Waals surface area contributed by atoms with Gasteiger partial charge in [-0.3, -0.25) is 9.79 Å². The Labute approximate surface area is 78.3 Å². The summed E-state index contributed by atoms with van der Waals surface area (Å²) in [7, 11) is 0. The van der Waals surface area contributed by atoms with Gasteiger partial charge in [0.15, 0.2) is 5.78 Å². The number of nitrogens with zero attached hydrogens (tertiary/aromatic N) is 1. The Balaban J connectivity index is 2.97. The lowest BCUT2D eigenvalue weighted by Gasteiger charge is -1.97. The van der Waals surface area contributed by atoms with Crippen LogP contribution in [0.2, 0.25) is 0 Å². The number of aryl methyl sites for hydroxylation is 1. The number of Topliss-reactive ketones (excluding diaryl/α,β-unsaturated/α-hetero) is 1. The van der Waals surface area contributed by atoms with Gasteiger partial charge in [0.05, 0.1) is 11.4 Å². The lowest BCUT2D eigenvalue weighted by atomic mass is 10.2. The summed E-state index contributed by atoms with van der Waals surface area (Å²) in [6, 6.07) is 7.77. The van der Waals surface area contributed by atoms with Gasteiger partial charge in [-0.1, -0.05) is 12.1 Å². The van der Waals surface area contributed by atoms with E-state index in [0.29, 0.717) is 5.71 Å². The van der Waals surface area contributed by atoms with Crippen molar-refractivity contribution in [3.63, 3.8) is 0 Å². The molecule has 0 spiro atoms. The van der Waals surface area contributed by atoms with Gasteiger partial charge < -0.3 is 0 Å². The maximum Gasteiger partial charge on any atom is 0.173 e. The van der Waals surface area contributed by atoms with Gasteiger partial charge in [-0.25, -0.2) is 0 Å². The lowest BCUT2D eigenvalue weighted by Crippen LogP contribution is -2.03. The minimum absolute atomic E-state index is 0.0153. The second kappa shape index (κ2) is 3.99. The first-order valence-corrected chi connectivity index (χ1v) is 4.22. The number of rotatable bonds is 2. The first-order valence-electron chi connectivity index (χ1n) is 4.22. The molecule has 0 saturated carbocycles. The monoisotopic (exact) mass is 175 g/mol. The number of carbonyl (C=O) groups excluding carboxylic acids is 1. The molecule has 1 aromatic carbocycles. The maximum absolute atomic E-state index is 10.9. The molecule has 0 unspecified atom stereocenters. The molecule has 0 bridgehead atoms. The molecule has 13 heavy (non-hydrogen) atoms. The molecule has 0 aliphatic carbocycles. The Kier molecular flexibility index (Phi) is 2.96. The van der Waals surface area contributed by atoms with Crippen LogP contribution in [0.5, 0.6) is 0 Å². The molecule has 0 atom stereocenters. The van der Waals surface area contributed by atoms with Crippen LogP contribution in [-0.2, 0) is 4.79 Å². The Hall–Kier alpha value is -1.44. The summed E-state index contributed by atoms with van der Waals surface area (Å²) in [4.78, 5) is 15.1. The van der Waals surface area contributed by atoms with Gasteiger partial charge >= 0.3 is 0 Å². The van der Waals surface area contributed by atoms with E-state index in [0.717, 1.165) is 11.3 Å². The van der Waals surface area contributed by atoms with Crippen LogP contribution in [0.25, 0.3) is 0 Å². The topological polar surface area (TPSA) is 29.4 Å². The van der Waals surface area contributed by atoms with Crippen LogP contribution in [0.4, 0.5) is 5.69 Å². The van der Waals surface area contributed by atoms with Crippen molar-refractivity contribution in [3.05, 3.63) is 29.8 Å². The van der Waals surface area contributed by atoms with E-state index in [1.807, 2.05) is 31.2 Å². The molecule has 0 aromatic heterocycles. The Morgan fingerprint density at radius 2 is 2.00 bits per heavy atom. The molecule has 0 aliphatic heterocycles. The molecule has 0 N–H and O–H groups in total. The van der Waals surface area contributed by atoms with Gasteiger partial charge in [-0.2, -0.15) is 0 Å². The van der Waals surface area contributed by atoms with Gasteiger partial charge in [-0.15, -0.1) is 0 Å². The Bertz CT molecular complexity index is 353. The predicted octanol–water partition coefficient (Wildman–Crippen LogP) is 2.68. The maximum atomic E-state index is 10.9. The van der Waals surface area contributed by atoms with E-state index in [9.17, 15) is 4.79 Å². The van der Waals surface area contributed by atoms with E-state index in [-0.39, 0.29) is 5.78 Å². The van der Waals surface area contributed by atoms with Crippen LogP contribution in [-0.4, -0.2) is 11.5 Å². The zero-order valence-electron chi connectivity index (χ0n) is 8.16. The van der Waals surface area contributed by atoms with Crippen LogP contribution in [0, 0.1) is 6.92 Å². The molecule has 0 saturated heterocycles. The third-order valence-electron chi connectivity index (χ3n) is 1.81. The summed E-state index contributed by atoms with van der Waals surface area (Å²) in [6.07, 6.45) is 0. The van der Waals surface area contributed by atoms with Crippen LogP contribution >= 0.6 is 0 Å². The number of carbonyl (C=O) groups is 1. The van der Waals surface area contributed by atoms with Crippen LogP contribution in [0.1, 0.15) is 19.4 Å². The fourth-order valence-corrected chi connectivity index (χ4v) is 0.970. The highest BCUT2D eigenvalue weighted by Crippen LogP contribution is 2.13. The summed E-state index contributed by atoms with van der Waals surface area (Å²) >= 11 is 0. The lowest BCUT2D eigenvalue weighted by molar-refractivity contribution is -0.111. The highest BCUT2D eigenvalue weighted by molar-refractivity contribution is 6.38. The average Bonchev–Trinajstić information content (AvgIpc) is 2.04. The number of ketones is 1. The number of hydrogen-bond acceptors (Lipinski definition) is 2. The van der Waals surface area contributed by atoms with Crippen molar-refractivity contribution in [1.29, 1.82) is 0 Å². The minimum atomic E-state index is 0.0153. The van der Waals surface area contributed by atoms with Crippen LogP contribution in [0.15, 0.2) is 29.3 Å². The van der Waals surface area contributed by atoms with Gasteiger partial charge in [0, 0.05) is 6.92 Å². The first-order chi connectivity index (χ1) is 6.09. The first kappa shape index (κ1) is 9.65. The second-order valence-corrected chi connectivity index (χ2v) is 3.09. The quantitative estimate of drug-likeness (QED) is 0.635. The fourth-order valence-electron chi connectivity index (χ4n) is 0.970. The van der Waals surface area contributed by atoms with E-state index in [1.54, 1.807) is 6.92 Å². The van der Waals surface area contributed by atoms with E-state index < -0.39 is 0 Å². The highest BCUT2D eigenvalue weighted by Gasteiger charge is 1.97. The second-order valence-electron chi connectivity index (χ2n) is 3.09. The molecule has 0 fully saturated rings. The molecule has 0 aliphatic rings. The smallest absolute Gasteiger partial charge is 0.173 e. The summed E-state index contributed by atoms with van der Waals surface area (Å²) in [5.74, 6) is 0.0153. The van der Waals surface area contributed by atoms with E-state index in [2.05, 4.69) is 4.99 Å². The standard InChI is InChI=1S/C11H13NO/c1-8-5-4-6-11(7-8)12-9(2)10(3)13/h4-7H,1-3H3. The van der Waals surface area contributed by atoms with Crippen molar-refractivity contribution in [1.82, 2.24) is 0 Å². The molecular formula is C11H13NO. The van der Waals surface area contributed by atoms with Crippen molar-refractivity contribution < 1.29 is 4.79 Å². The minimum Gasteiger partial charge on any atom is -0.293 e. The number of hydrogen-bond donors (Lipinski definition) is 0. The summed E-state index contributed by atoms with van der Waals surface area (Å²) in [5, 5.41) is 0. The van der Waals surface area contributed by atoms with E-state index in [1.165, 1.54) is 6.92 Å². The summed E-state index contributed by atoms with van der Waals surface area (Å²) in [5.41, 5.74) is 2.54. The molecule has 1 aromatic rings. The molecular weight excluding hydrogens is 162 g/mol. The van der Waals surface area contributed by atoms with Crippen molar-refractivity contribution in [2.75, 3.05) is 0 Å². The van der Waals surface area contributed by atoms with Gasteiger partial charge in [-0.05, 0) is 31.5 Å². The Morgan fingerprint density at radius 3 is 2.54 bits per heavy atom. The average molecular weight is 175 g/mol. The molecule has 0 amide bonds. The normalized spacial score (nSPS) is 11.5. The molecule has 0 heterocycles. The van der Waals surface area contributed by atoms with Crippen molar-refractivity contribution in [2.24, 2.45) is 4.99 Å². The van der Waals surface area contributed by atoms with Crippen LogP contribution < -0.4 is 0 Å². The summed E-state index contributed by atoms with van der Waals surface area (Å²) in [6.45, 7) is 5.25. The van der Waals surface area contributed by atoms with Crippen LogP contribution in [0.3, 0.4) is 0 Å². The third-order valence-corrected chi connectivity index (χ3v) is 1.81. The van der Waals surface area contributed by atoms with Gasteiger partial charge in [0.25, 0.3) is 0 Å². The van der Waals surface area contributed by atoms with Gasteiger partial charge in [0.2, 0.25) is 0 Å². The van der Waals surface area contributed by atoms with Crippen molar-refractivity contribution >= 4 is 17.2 Å². The SMILES string of the molecule is CC(=O)C(C)=Nc1cccc(C)c1. The zero-order chi connectivity index (χ0) is 9.84. The molecule has 2 nitrogen and oxygen atoms in total. The van der Waals surface area contributed by atoms with E-state index >= 15 is 0 Å². The van der Waals surface area contributed by atoms with Crippen molar-refractivity contribution in [2.45, 2.75) is 20.8 Å². The van der Waals surface area contributed by atoms with E-state index in [4.69, 9.17) is 0 Å². The van der Waals surface area contributed by atoms with Crippen molar-refractivity contribution in [3.8, 4) is 0 Å². The van der Waals surface area contributed by atoms with Gasteiger partial charge in [0.1, 0.15) is 0 Å². The molecule has 1 rings (SSSR count). The zero-order valence-corrected chi connectivity index (χ0v) is 8.16. The number of aliphatic imine (C=N–C) groups is 1. The number of benzene rings is 1. The third kappa shape index (κ3) is 2.82. The largest absolute Gasteiger partial charge is 0.293 e. The Morgan fingerprint density at radius 1 is 1.31 bits per heavy atom. The fraction of sp³-hybridized carbons (Fsp3) is 0.273. The molecule has 0 radical (unpaired) electrons. The highest BCUT2D eigenvalue weighted by atomic mass is 16.1. The molecule has 2 heteroatoms. The molecule has 68 valence electrons.